The first-order chi connectivity index (χ1) is 11.5. The molecule has 0 aliphatic heterocycles. The number of hydrogen-bond acceptors (Lipinski definition) is 4. The van der Waals surface area contributed by atoms with Gasteiger partial charge in [-0.3, -0.25) is 14.9 Å². The summed E-state index contributed by atoms with van der Waals surface area (Å²) in [5, 5.41) is 13.6. The fraction of sp³-hybridized carbons (Fsp3) is 0.278. The van der Waals surface area contributed by atoms with Crippen molar-refractivity contribution in [3.05, 3.63) is 70.3 Å². The first-order valence-corrected chi connectivity index (χ1v) is 7.75. The van der Waals surface area contributed by atoms with E-state index in [9.17, 15) is 14.9 Å². The quantitative estimate of drug-likeness (QED) is 0.596. The SMILES string of the molecule is CC(CCc1ccccc1)NC(=O)COc1cccc([N+](=O)[O-])c1. The normalized spacial score (nSPS) is 11.5. The van der Waals surface area contributed by atoms with E-state index in [1.807, 2.05) is 25.1 Å². The zero-order valence-corrected chi connectivity index (χ0v) is 13.5. The lowest BCUT2D eigenvalue weighted by atomic mass is 10.1. The number of aryl methyl sites for hydroxylation is 1. The minimum absolute atomic E-state index is 0.0198. The van der Waals surface area contributed by atoms with Gasteiger partial charge in [-0.1, -0.05) is 36.4 Å². The van der Waals surface area contributed by atoms with Crippen molar-refractivity contribution in [2.75, 3.05) is 6.61 Å². The van der Waals surface area contributed by atoms with E-state index in [4.69, 9.17) is 4.74 Å². The minimum Gasteiger partial charge on any atom is -0.484 e. The Morgan fingerprint density at radius 3 is 2.67 bits per heavy atom. The van der Waals surface area contributed by atoms with Crippen molar-refractivity contribution < 1.29 is 14.5 Å². The van der Waals surface area contributed by atoms with E-state index in [0.29, 0.717) is 5.75 Å². The number of nitrogens with zero attached hydrogens (tertiary/aromatic N) is 1. The second-order valence-electron chi connectivity index (χ2n) is 5.54. The largest absolute Gasteiger partial charge is 0.484 e. The van der Waals surface area contributed by atoms with Gasteiger partial charge in [-0.25, -0.2) is 0 Å². The van der Waals surface area contributed by atoms with E-state index in [-0.39, 0.29) is 24.2 Å². The summed E-state index contributed by atoms with van der Waals surface area (Å²) < 4.78 is 5.31. The Labute approximate surface area is 140 Å². The maximum absolute atomic E-state index is 11.9. The Hall–Kier alpha value is -2.89. The second kappa shape index (κ2) is 8.67. The van der Waals surface area contributed by atoms with Crippen molar-refractivity contribution >= 4 is 11.6 Å². The van der Waals surface area contributed by atoms with Crippen molar-refractivity contribution in [3.63, 3.8) is 0 Å². The molecule has 2 aromatic rings. The highest BCUT2D eigenvalue weighted by atomic mass is 16.6. The Morgan fingerprint density at radius 2 is 1.96 bits per heavy atom. The molecule has 1 unspecified atom stereocenters. The standard InChI is InChI=1S/C18H20N2O4/c1-14(10-11-15-6-3-2-4-7-15)19-18(21)13-24-17-9-5-8-16(12-17)20(22)23/h2-9,12,14H,10-11,13H2,1H3,(H,19,21). The molecule has 0 aliphatic carbocycles. The summed E-state index contributed by atoms with van der Waals surface area (Å²) in [6.45, 7) is 1.77. The predicted octanol–water partition coefficient (Wildman–Crippen LogP) is 3.11. The molecule has 1 N–H and O–H groups in total. The van der Waals surface area contributed by atoms with Gasteiger partial charge in [0.05, 0.1) is 11.0 Å². The monoisotopic (exact) mass is 328 g/mol. The average molecular weight is 328 g/mol. The molecular weight excluding hydrogens is 308 g/mol. The summed E-state index contributed by atoms with van der Waals surface area (Å²) in [7, 11) is 0. The van der Waals surface area contributed by atoms with Gasteiger partial charge in [0.25, 0.3) is 11.6 Å². The van der Waals surface area contributed by atoms with E-state index in [0.717, 1.165) is 12.8 Å². The lowest BCUT2D eigenvalue weighted by Gasteiger charge is -2.14. The number of benzene rings is 2. The molecule has 1 atom stereocenters. The first-order valence-electron chi connectivity index (χ1n) is 7.75. The number of hydrogen-bond donors (Lipinski definition) is 1. The average Bonchev–Trinajstić information content (AvgIpc) is 2.59. The van der Waals surface area contributed by atoms with E-state index in [1.165, 1.54) is 23.8 Å². The van der Waals surface area contributed by atoms with E-state index < -0.39 is 4.92 Å². The second-order valence-corrected chi connectivity index (χ2v) is 5.54. The molecule has 0 heterocycles. The lowest BCUT2D eigenvalue weighted by molar-refractivity contribution is -0.384. The van der Waals surface area contributed by atoms with Crippen LogP contribution in [0.3, 0.4) is 0 Å². The van der Waals surface area contributed by atoms with Gasteiger partial charge in [-0.05, 0) is 31.4 Å². The number of amides is 1. The van der Waals surface area contributed by atoms with Crippen molar-refractivity contribution in [1.82, 2.24) is 5.32 Å². The summed E-state index contributed by atoms with van der Waals surface area (Å²) in [5.41, 5.74) is 1.16. The fourth-order valence-electron chi connectivity index (χ4n) is 2.25. The van der Waals surface area contributed by atoms with Crippen LogP contribution in [0.1, 0.15) is 18.9 Å². The zero-order valence-electron chi connectivity index (χ0n) is 13.5. The van der Waals surface area contributed by atoms with Gasteiger partial charge in [0.1, 0.15) is 5.75 Å². The van der Waals surface area contributed by atoms with Gasteiger partial charge in [-0.15, -0.1) is 0 Å². The summed E-state index contributed by atoms with van der Waals surface area (Å²) in [5.74, 6) is 0.0540. The molecule has 1 amide bonds. The third-order valence-electron chi connectivity index (χ3n) is 3.51. The highest BCUT2D eigenvalue weighted by molar-refractivity contribution is 5.77. The predicted molar refractivity (Wildman–Crippen MR) is 91.0 cm³/mol. The van der Waals surface area contributed by atoms with Crippen molar-refractivity contribution in [2.45, 2.75) is 25.8 Å². The van der Waals surface area contributed by atoms with Crippen molar-refractivity contribution in [1.29, 1.82) is 0 Å². The Balaban J connectivity index is 1.74. The lowest BCUT2D eigenvalue weighted by Crippen LogP contribution is -2.36. The third-order valence-corrected chi connectivity index (χ3v) is 3.51. The zero-order chi connectivity index (χ0) is 17.4. The Bertz CT molecular complexity index is 688. The van der Waals surface area contributed by atoms with Crippen LogP contribution in [0.25, 0.3) is 0 Å². The summed E-state index contributed by atoms with van der Waals surface area (Å²) in [6, 6.07) is 15.9. The van der Waals surface area contributed by atoms with E-state index in [2.05, 4.69) is 17.4 Å². The topological polar surface area (TPSA) is 81.5 Å². The highest BCUT2D eigenvalue weighted by Gasteiger charge is 2.10. The van der Waals surface area contributed by atoms with Crippen LogP contribution in [0.4, 0.5) is 5.69 Å². The van der Waals surface area contributed by atoms with Crippen LogP contribution < -0.4 is 10.1 Å². The van der Waals surface area contributed by atoms with Crippen molar-refractivity contribution in [3.8, 4) is 5.75 Å². The van der Waals surface area contributed by atoms with E-state index >= 15 is 0 Å². The van der Waals surface area contributed by atoms with Gasteiger partial charge in [-0.2, -0.15) is 0 Å². The van der Waals surface area contributed by atoms with Gasteiger partial charge < -0.3 is 10.1 Å². The number of rotatable bonds is 8. The van der Waals surface area contributed by atoms with E-state index in [1.54, 1.807) is 6.07 Å². The van der Waals surface area contributed by atoms with Crippen LogP contribution >= 0.6 is 0 Å². The molecule has 2 rings (SSSR count). The summed E-state index contributed by atoms with van der Waals surface area (Å²) in [6.07, 6.45) is 1.71. The van der Waals surface area contributed by atoms with Gasteiger partial charge in [0.15, 0.2) is 6.61 Å². The molecule has 0 radical (unpaired) electrons. The number of carbonyl (C=O) groups is 1. The smallest absolute Gasteiger partial charge is 0.273 e. The van der Waals surface area contributed by atoms with Gasteiger partial charge in [0.2, 0.25) is 0 Å². The van der Waals surface area contributed by atoms with Crippen LogP contribution in [-0.4, -0.2) is 23.5 Å². The molecule has 0 spiro atoms. The van der Waals surface area contributed by atoms with Gasteiger partial charge >= 0.3 is 0 Å². The Morgan fingerprint density at radius 1 is 1.21 bits per heavy atom. The van der Waals surface area contributed by atoms with Crippen LogP contribution in [0.5, 0.6) is 5.75 Å². The maximum atomic E-state index is 11.9. The summed E-state index contributed by atoms with van der Waals surface area (Å²) in [4.78, 5) is 22.1. The van der Waals surface area contributed by atoms with Crippen LogP contribution in [-0.2, 0) is 11.2 Å². The number of nitro groups is 1. The molecule has 2 aromatic carbocycles. The number of non-ortho nitro benzene ring substituents is 1. The summed E-state index contributed by atoms with van der Waals surface area (Å²) >= 11 is 0. The first kappa shape index (κ1) is 17.5. The van der Waals surface area contributed by atoms with Gasteiger partial charge in [0, 0.05) is 12.1 Å². The number of nitrogens with one attached hydrogen (secondary N) is 1. The number of carbonyl (C=O) groups excluding carboxylic acids is 1. The fourth-order valence-corrected chi connectivity index (χ4v) is 2.25. The minimum atomic E-state index is -0.501. The highest BCUT2D eigenvalue weighted by Crippen LogP contribution is 2.18. The maximum Gasteiger partial charge on any atom is 0.273 e. The van der Waals surface area contributed by atoms with Crippen LogP contribution in [0, 0.1) is 10.1 Å². The molecule has 0 saturated heterocycles. The molecule has 6 nitrogen and oxygen atoms in total. The molecule has 24 heavy (non-hydrogen) atoms. The van der Waals surface area contributed by atoms with Crippen LogP contribution in [0.2, 0.25) is 0 Å². The molecule has 126 valence electrons. The molecule has 6 heteroatoms. The number of ether oxygens (including phenoxy) is 1. The molecule has 0 aliphatic rings. The molecule has 0 bridgehead atoms. The van der Waals surface area contributed by atoms with Crippen molar-refractivity contribution in [2.24, 2.45) is 0 Å². The third kappa shape index (κ3) is 5.72. The number of nitro benzene ring substituents is 1. The molecule has 0 aromatic heterocycles. The molecule has 0 fully saturated rings. The Kier molecular flexibility index (Phi) is 6.31. The molecular formula is C18H20N2O4. The van der Waals surface area contributed by atoms with Crippen LogP contribution in [0.15, 0.2) is 54.6 Å². The molecule has 0 saturated carbocycles.